The van der Waals surface area contributed by atoms with Gasteiger partial charge in [-0.05, 0) is 32.4 Å². The van der Waals surface area contributed by atoms with E-state index in [2.05, 4.69) is 22.6 Å². The number of hydrogen-bond donors (Lipinski definition) is 0. The fourth-order valence-corrected chi connectivity index (χ4v) is 5.08. The standard InChI is InChI=1S/C21H26N2O3/c1-22-14-6-7-15(22)11-17(10-14)26-21(24)19-12-23(16-8-9-25-13-16)20-5-3-2-4-18(19)20/h2-5,12,14-17H,6-11,13H2,1H3/t14-,15+,16-,17+/m1/s1. The molecule has 0 unspecified atom stereocenters. The molecule has 3 aliphatic rings. The van der Waals surface area contributed by atoms with Gasteiger partial charge >= 0.3 is 5.97 Å². The number of ether oxygens (including phenoxy) is 2. The van der Waals surface area contributed by atoms with Crippen molar-refractivity contribution in [1.82, 2.24) is 9.47 Å². The first-order chi connectivity index (χ1) is 12.7. The van der Waals surface area contributed by atoms with Gasteiger partial charge in [-0.2, -0.15) is 0 Å². The molecule has 0 saturated carbocycles. The summed E-state index contributed by atoms with van der Waals surface area (Å²) in [7, 11) is 2.21. The molecule has 0 radical (unpaired) electrons. The lowest BCUT2D eigenvalue weighted by Crippen LogP contribution is -2.43. The summed E-state index contributed by atoms with van der Waals surface area (Å²) in [4.78, 5) is 15.5. The maximum absolute atomic E-state index is 13.0. The van der Waals surface area contributed by atoms with E-state index in [9.17, 15) is 4.79 Å². The lowest BCUT2D eigenvalue weighted by atomic mass is 10.0. The molecular weight excluding hydrogens is 328 g/mol. The number of nitrogens with zero attached hydrogens (tertiary/aromatic N) is 2. The Bertz CT molecular complexity index is 810. The van der Waals surface area contributed by atoms with Crippen LogP contribution in [0, 0.1) is 0 Å². The molecule has 4 atom stereocenters. The quantitative estimate of drug-likeness (QED) is 0.793. The number of para-hydroxylation sites is 1. The zero-order valence-electron chi connectivity index (χ0n) is 15.3. The summed E-state index contributed by atoms with van der Waals surface area (Å²) >= 11 is 0. The van der Waals surface area contributed by atoms with Gasteiger partial charge in [-0.1, -0.05) is 18.2 Å². The summed E-state index contributed by atoms with van der Waals surface area (Å²) in [6.45, 7) is 1.50. The molecule has 26 heavy (non-hydrogen) atoms. The maximum atomic E-state index is 13.0. The molecule has 2 aromatic rings. The predicted molar refractivity (Wildman–Crippen MR) is 99.4 cm³/mol. The Kier molecular flexibility index (Phi) is 4.02. The minimum Gasteiger partial charge on any atom is -0.459 e. The van der Waals surface area contributed by atoms with Gasteiger partial charge in [0.15, 0.2) is 0 Å². The molecule has 2 bridgehead atoms. The molecule has 0 aliphatic carbocycles. The predicted octanol–water partition coefficient (Wildman–Crippen LogP) is 3.38. The van der Waals surface area contributed by atoms with Crippen molar-refractivity contribution in [3.63, 3.8) is 0 Å². The Morgan fingerprint density at radius 1 is 1.12 bits per heavy atom. The molecule has 5 rings (SSSR count). The van der Waals surface area contributed by atoms with Crippen LogP contribution in [0.3, 0.4) is 0 Å². The van der Waals surface area contributed by atoms with Crippen molar-refractivity contribution in [2.45, 2.75) is 56.3 Å². The van der Waals surface area contributed by atoms with E-state index in [0.717, 1.165) is 36.8 Å². The maximum Gasteiger partial charge on any atom is 0.340 e. The van der Waals surface area contributed by atoms with E-state index in [0.29, 0.717) is 30.3 Å². The van der Waals surface area contributed by atoms with Crippen molar-refractivity contribution in [2.24, 2.45) is 0 Å². The second-order valence-corrected chi connectivity index (χ2v) is 8.03. The molecule has 0 amide bonds. The highest BCUT2D eigenvalue weighted by molar-refractivity contribution is 6.04. The SMILES string of the molecule is CN1[C@@H]2CC[C@H]1C[C@@H](OC(=O)c1cn([C@@H]3CCOC3)c3ccccc13)C2. The number of piperidine rings is 1. The Hall–Kier alpha value is -1.85. The van der Waals surface area contributed by atoms with Crippen LogP contribution in [0.2, 0.25) is 0 Å². The molecule has 3 aliphatic heterocycles. The van der Waals surface area contributed by atoms with Gasteiger partial charge in [0, 0.05) is 48.6 Å². The fraction of sp³-hybridized carbons (Fsp3) is 0.571. The van der Waals surface area contributed by atoms with Crippen molar-refractivity contribution in [1.29, 1.82) is 0 Å². The zero-order chi connectivity index (χ0) is 17.7. The molecule has 1 aromatic carbocycles. The Morgan fingerprint density at radius 2 is 1.88 bits per heavy atom. The van der Waals surface area contributed by atoms with Crippen LogP contribution in [0.4, 0.5) is 0 Å². The van der Waals surface area contributed by atoms with Crippen molar-refractivity contribution < 1.29 is 14.3 Å². The van der Waals surface area contributed by atoms with E-state index in [1.807, 2.05) is 24.4 Å². The molecule has 5 nitrogen and oxygen atoms in total. The second-order valence-electron chi connectivity index (χ2n) is 8.03. The number of aromatic nitrogens is 1. The average molecular weight is 354 g/mol. The van der Waals surface area contributed by atoms with E-state index in [4.69, 9.17) is 9.47 Å². The van der Waals surface area contributed by atoms with Crippen molar-refractivity contribution in [3.8, 4) is 0 Å². The zero-order valence-corrected chi connectivity index (χ0v) is 15.3. The monoisotopic (exact) mass is 354 g/mol. The number of fused-ring (bicyclic) bond motifs is 3. The highest BCUT2D eigenvalue weighted by Crippen LogP contribution is 2.36. The normalized spacial score (nSPS) is 31.6. The first-order valence-corrected chi connectivity index (χ1v) is 9.81. The smallest absolute Gasteiger partial charge is 0.340 e. The van der Waals surface area contributed by atoms with E-state index < -0.39 is 0 Å². The first-order valence-electron chi connectivity index (χ1n) is 9.81. The number of carbonyl (C=O) groups is 1. The summed E-state index contributed by atoms with van der Waals surface area (Å²) in [5, 5.41) is 0.986. The number of rotatable bonds is 3. The van der Waals surface area contributed by atoms with Crippen molar-refractivity contribution in [2.75, 3.05) is 20.3 Å². The molecular formula is C21H26N2O3. The van der Waals surface area contributed by atoms with Gasteiger partial charge in [0.2, 0.25) is 0 Å². The highest BCUT2D eigenvalue weighted by atomic mass is 16.5. The number of esters is 1. The number of hydrogen-bond acceptors (Lipinski definition) is 4. The van der Waals surface area contributed by atoms with Gasteiger partial charge in [0.1, 0.15) is 6.10 Å². The second kappa shape index (κ2) is 6.39. The summed E-state index contributed by atoms with van der Waals surface area (Å²) in [5.74, 6) is -0.173. The number of carbonyl (C=O) groups excluding carboxylic acids is 1. The van der Waals surface area contributed by atoms with E-state index in [-0.39, 0.29) is 12.1 Å². The van der Waals surface area contributed by atoms with Crippen LogP contribution < -0.4 is 0 Å². The summed E-state index contributed by atoms with van der Waals surface area (Å²) < 4.78 is 13.7. The fourth-order valence-electron chi connectivity index (χ4n) is 5.08. The Morgan fingerprint density at radius 3 is 2.62 bits per heavy atom. The summed E-state index contributed by atoms with van der Waals surface area (Å²) in [5.41, 5.74) is 1.79. The van der Waals surface area contributed by atoms with Crippen LogP contribution in [-0.2, 0) is 9.47 Å². The van der Waals surface area contributed by atoms with Crippen LogP contribution >= 0.6 is 0 Å². The van der Waals surface area contributed by atoms with Gasteiger partial charge in [-0.15, -0.1) is 0 Å². The summed E-state index contributed by atoms with van der Waals surface area (Å²) in [6, 6.07) is 9.58. The Balaban J connectivity index is 1.41. The van der Waals surface area contributed by atoms with Gasteiger partial charge in [0.25, 0.3) is 0 Å². The molecule has 4 heterocycles. The lowest BCUT2D eigenvalue weighted by molar-refractivity contribution is -0.000291. The molecule has 3 saturated heterocycles. The highest BCUT2D eigenvalue weighted by Gasteiger charge is 2.40. The van der Waals surface area contributed by atoms with Gasteiger partial charge < -0.3 is 18.9 Å². The lowest BCUT2D eigenvalue weighted by Gasteiger charge is -2.35. The van der Waals surface area contributed by atoms with E-state index in [1.165, 1.54) is 12.8 Å². The van der Waals surface area contributed by atoms with Gasteiger partial charge in [-0.25, -0.2) is 4.79 Å². The number of benzene rings is 1. The van der Waals surface area contributed by atoms with Crippen molar-refractivity contribution >= 4 is 16.9 Å². The summed E-state index contributed by atoms with van der Waals surface area (Å²) in [6.07, 6.45) is 7.42. The van der Waals surface area contributed by atoms with Gasteiger partial charge in [0.05, 0.1) is 18.2 Å². The molecule has 1 aromatic heterocycles. The van der Waals surface area contributed by atoms with Crippen LogP contribution in [-0.4, -0.2) is 53.9 Å². The third-order valence-electron chi connectivity index (χ3n) is 6.59. The van der Waals surface area contributed by atoms with Crippen molar-refractivity contribution in [3.05, 3.63) is 36.0 Å². The third kappa shape index (κ3) is 2.65. The topological polar surface area (TPSA) is 43.7 Å². The minimum absolute atomic E-state index is 0.0492. The largest absolute Gasteiger partial charge is 0.459 e. The molecule has 3 fully saturated rings. The molecule has 5 heteroatoms. The average Bonchev–Trinajstić information content (AvgIpc) is 3.33. The first kappa shape index (κ1) is 16.3. The van der Waals surface area contributed by atoms with Crippen LogP contribution in [0.25, 0.3) is 10.9 Å². The van der Waals surface area contributed by atoms with E-state index in [1.54, 1.807) is 0 Å². The van der Waals surface area contributed by atoms with Crippen LogP contribution in [0.15, 0.2) is 30.5 Å². The molecule has 0 spiro atoms. The van der Waals surface area contributed by atoms with Crippen LogP contribution in [0.1, 0.15) is 48.5 Å². The third-order valence-corrected chi connectivity index (χ3v) is 6.59. The minimum atomic E-state index is -0.173. The van der Waals surface area contributed by atoms with E-state index >= 15 is 0 Å². The molecule has 0 N–H and O–H groups in total. The molecule has 138 valence electrons. The van der Waals surface area contributed by atoms with Crippen LogP contribution in [0.5, 0.6) is 0 Å². The van der Waals surface area contributed by atoms with Gasteiger partial charge in [-0.3, -0.25) is 0 Å². The Labute approximate surface area is 153 Å².